The molecule has 1 atom stereocenters. The van der Waals surface area contributed by atoms with Crippen molar-refractivity contribution in [2.75, 3.05) is 30.4 Å². The predicted molar refractivity (Wildman–Crippen MR) is 114 cm³/mol. The maximum atomic E-state index is 13.6. The molecule has 6 rings (SSSR count). The highest BCUT2D eigenvalue weighted by Gasteiger charge is 2.63. The van der Waals surface area contributed by atoms with Crippen molar-refractivity contribution in [1.82, 2.24) is 14.3 Å². The summed E-state index contributed by atoms with van der Waals surface area (Å²) in [5.74, 6) is 0.607. The van der Waals surface area contributed by atoms with E-state index in [1.165, 1.54) is 0 Å². The number of alkyl halides is 3. The molecule has 174 valence electrons. The van der Waals surface area contributed by atoms with Crippen LogP contribution in [0.2, 0.25) is 0 Å². The minimum absolute atomic E-state index is 0.147. The molecule has 1 aromatic carbocycles. The first-order valence-corrected chi connectivity index (χ1v) is 12.0. The standard InChI is InChI=1S/C21H26F3N5O2S/c1-27(2)17-3-4-18-15(5-17)10-28(32(30,31)21(22,23)24)12-19(20-6-14(7-20)8-20)29(18)11-16-9-25-13-26-16/h3-5,9,13-14,19H,6-8,10-12H2,1-2H3,(H,25,26)/t14?,19-,20?/m0/s1. The maximum Gasteiger partial charge on any atom is 0.511 e. The van der Waals surface area contributed by atoms with E-state index in [9.17, 15) is 21.6 Å². The Balaban J connectivity index is 1.64. The van der Waals surface area contributed by atoms with E-state index in [2.05, 4.69) is 14.9 Å². The summed E-state index contributed by atoms with van der Waals surface area (Å²) in [5, 5.41) is 0. The lowest BCUT2D eigenvalue weighted by Gasteiger charge is -2.67. The van der Waals surface area contributed by atoms with E-state index >= 15 is 0 Å². The van der Waals surface area contributed by atoms with Crippen LogP contribution >= 0.6 is 0 Å². The molecule has 0 spiro atoms. The maximum absolute atomic E-state index is 13.6. The summed E-state index contributed by atoms with van der Waals surface area (Å²) in [6.45, 7) is -0.0751. The number of aromatic amines is 1. The molecule has 7 nitrogen and oxygen atoms in total. The quantitative estimate of drug-likeness (QED) is 0.728. The van der Waals surface area contributed by atoms with E-state index in [0.29, 0.717) is 22.3 Å². The van der Waals surface area contributed by atoms with Gasteiger partial charge in [0.15, 0.2) is 0 Å². The van der Waals surface area contributed by atoms with Crippen LogP contribution in [0.4, 0.5) is 24.5 Å². The summed E-state index contributed by atoms with van der Waals surface area (Å²) in [4.78, 5) is 11.1. The molecular formula is C21H26F3N5O2S. The zero-order valence-corrected chi connectivity index (χ0v) is 18.7. The number of nitrogens with one attached hydrogen (secondary N) is 1. The van der Waals surface area contributed by atoms with Crippen LogP contribution < -0.4 is 9.80 Å². The van der Waals surface area contributed by atoms with E-state index in [-0.39, 0.29) is 24.5 Å². The minimum Gasteiger partial charge on any atom is -0.378 e. The molecule has 0 radical (unpaired) electrons. The number of fused-ring (bicyclic) bond motifs is 1. The van der Waals surface area contributed by atoms with Gasteiger partial charge in [-0.25, -0.2) is 13.4 Å². The van der Waals surface area contributed by atoms with Crippen LogP contribution in [-0.4, -0.2) is 54.9 Å². The highest BCUT2D eigenvalue weighted by molar-refractivity contribution is 7.89. The van der Waals surface area contributed by atoms with Crippen molar-refractivity contribution in [3.8, 4) is 0 Å². The molecule has 3 fully saturated rings. The largest absolute Gasteiger partial charge is 0.511 e. The molecule has 2 heterocycles. The monoisotopic (exact) mass is 469 g/mol. The van der Waals surface area contributed by atoms with Gasteiger partial charge in [0.2, 0.25) is 0 Å². The van der Waals surface area contributed by atoms with Gasteiger partial charge in [0.25, 0.3) is 0 Å². The van der Waals surface area contributed by atoms with Crippen LogP contribution in [0.1, 0.15) is 30.5 Å². The Morgan fingerprint density at radius 3 is 2.50 bits per heavy atom. The first kappa shape index (κ1) is 21.6. The second-order valence-corrected chi connectivity index (χ2v) is 11.4. The molecule has 1 N–H and O–H groups in total. The number of H-pyrrole nitrogens is 1. The Kier molecular flexibility index (Phi) is 4.79. The van der Waals surface area contributed by atoms with Gasteiger partial charge >= 0.3 is 15.5 Å². The Bertz CT molecular complexity index is 1100. The third kappa shape index (κ3) is 3.28. The normalized spacial score (nSPS) is 27.8. The number of aromatic nitrogens is 2. The molecule has 0 unspecified atom stereocenters. The van der Waals surface area contributed by atoms with Crippen LogP contribution in [0, 0.1) is 11.3 Å². The fourth-order valence-electron chi connectivity index (χ4n) is 5.53. The highest BCUT2D eigenvalue weighted by Crippen LogP contribution is 2.67. The number of sulfonamides is 1. The molecule has 11 heteroatoms. The molecule has 2 bridgehead atoms. The highest BCUT2D eigenvalue weighted by atomic mass is 32.2. The Hall–Kier alpha value is -2.27. The summed E-state index contributed by atoms with van der Waals surface area (Å²) in [5.41, 5.74) is -2.51. The lowest BCUT2D eigenvalue weighted by molar-refractivity contribution is -0.129. The second-order valence-electron chi connectivity index (χ2n) is 9.51. The number of benzene rings is 1. The first-order chi connectivity index (χ1) is 15.0. The van der Waals surface area contributed by atoms with Crippen LogP contribution in [0.3, 0.4) is 0 Å². The molecule has 4 aliphatic rings. The zero-order chi connectivity index (χ0) is 22.9. The number of hydrogen-bond acceptors (Lipinski definition) is 5. The SMILES string of the molecule is CN(C)c1ccc2c(c1)CN(S(=O)(=O)C(F)(F)F)C[C@@H](C13CC(C1)C3)N2Cc1cnc[nH]1. The van der Waals surface area contributed by atoms with Crippen molar-refractivity contribution in [2.24, 2.45) is 11.3 Å². The van der Waals surface area contributed by atoms with Gasteiger partial charge < -0.3 is 14.8 Å². The van der Waals surface area contributed by atoms with E-state index in [1.807, 2.05) is 31.1 Å². The van der Waals surface area contributed by atoms with Crippen LogP contribution in [0.15, 0.2) is 30.7 Å². The van der Waals surface area contributed by atoms with Gasteiger partial charge in [-0.2, -0.15) is 17.5 Å². The topological polar surface area (TPSA) is 72.5 Å². The second kappa shape index (κ2) is 7.11. The molecule has 1 aliphatic heterocycles. The number of anilines is 2. The van der Waals surface area contributed by atoms with Crippen molar-refractivity contribution < 1.29 is 21.6 Å². The lowest BCUT2D eigenvalue weighted by Crippen LogP contribution is -2.66. The van der Waals surface area contributed by atoms with Gasteiger partial charge in [0.05, 0.1) is 18.6 Å². The number of halogens is 3. The van der Waals surface area contributed by atoms with E-state index < -0.39 is 15.5 Å². The third-order valence-electron chi connectivity index (χ3n) is 7.31. The van der Waals surface area contributed by atoms with Gasteiger partial charge in [-0.15, -0.1) is 0 Å². The van der Waals surface area contributed by atoms with Gasteiger partial charge in [-0.1, -0.05) is 0 Å². The average Bonchev–Trinajstić information content (AvgIpc) is 3.09. The van der Waals surface area contributed by atoms with Gasteiger partial charge in [-0.3, -0.25) is 0 Å². The molecule has 1 aromatic heterocycles. The van der Waals surface area contributed by atoms with E-state index in [4.69, 9.17) is 0 Å². The average molecular weight is 470 g/mol. The molecule has 0 saturated heterocycles. The smallest absolute Gasteiger partial charge is 0.378 e. The van der Waals surface area contributed by atoms with E-state index in [0.717, 1.165) is 36.3 Å². The molecule has 0 amide bonds. The predicted octanol–water partition coefficient (Wildman–Crippen LogP) is 3.32. The number of imidazole rings is 1. The van der Waals surface area contributed by atoms with Gasteiger partial charge in [0, 0.05) is 50.8 Å². The number of nitrogens with zero attached hydrogens (tertiary/aromatic N) is 4. The molecule has 3 aliphatic carbocycles. The lowest BCUT2D eigenvalue weighted by atomic mass is 9.41. The van der Waals surface area contributed by atoms with Crippen LogP contribution in [0.5, 0.6) is 0 Å². The number of rotatable bonds is 5. The summed E-state index contributed by atoms with van der Waals surface area (Å²) >= 11 is 0. The minimum atomic E-state index is -5.47. The summed E-state index contributed by atoms with van der Waals surface area (Å²) in [6.07, 6.45) is 6.06. The fourth-order valence-corrected chi connectivity index (χ4v) is 6.47. The van der Waals surface area contributed by atoms with Crippen LogP contribution in [-0.2, 0) is 23.1 Å². The molecule has 3 saturated carbocycles. The Morgan fingerprint density at radius 2 is 1.97 bits per heavy atom. The summed E-state index contributed by atoms with van der Waals surface area (Å²) in [7, 11) is -1.79. The van der Waals surface area contributed by atoms with Gasteiger partial charge in [0.1, 0.15) is 0 Å². The van der Waals surface area contributed by atoms with Gasteiger partial charge in [-0.05, 0) is 54.4 Å². The molecule has 2 aromatic rings. The van der Waals surface area contributed by atoms with Crippen LogP contribution in [0.25, 0.3) is 0 Å². The zero-order valence-electron chi connectivity index (χ0n) is 17.9. The van der Waals surface area contributed by atoms with Crippen molar-refractivity contribution in [3.63, 3.8) is 0 Å². The first-order valence-electron chi connectivity index (χ1n) is 10.6. The van der Waals surface area contributed by atoms with E-state index in [1.54, 1.807) is 18.6 Å². The van der Waals surface area contributed by atoms with Crippen molar-refractivity contribution in [1.29, 1.82) is 0 Å². The van der Waals surface area contributed by atoms with Crippen molar-refractivity contribution in [3.05, 3.63) is 42.0 Å². The molecule has 32 heavy (non-hydrogen) atoms. The molecular weight excluding hydrogens is 443 g/mol. The summed E-state index contributed by atoms with van der Waals surface area (Å²) in [6, 6.07) is 5.27. The third-order valence-corrected chi connectivity index (χ3v) is 8.85. The van der Waals surface area contributed by atoms with Crippen molar-refractivity contribution >= 4 is 21.4 Å². The fraction of sp³-hybridized carbons (Fsp3) is 0.571. The van der Waals surface area contributed by atoms with Crippen molar-refractivity contribution in [2.45, 2.75) is 43.9 Å². The number of hydrogen-bond donors (Lipinski definition) is 1. The summed E-state index contributed by atoms with van der Waals surface area (Å²) < 4.78 is 66.6. The Labute approximate surface area is 185 Å². The Morgan fingerprint density at radius 1 is 1.25 bits per heavy atom.